The van der Waals surface area contributed by atoms with E-state index in [0.29, 0.717) is 21.1 Å². The largest absolute Gasteiger partial charge is 0.302 e. The molecule has 0 aliphatic carbocycles. The average molecular weight is 377 g/mol. The molecule has 1 heterocycles. The quantitative estimate of drug-likeness (QED) is 0.389. The van der Waals surface area contributed by atoms with E-state index < -0.39 is 4.92 Å². The van der Waals surface area contributed by atoms with Crippen molar-refractivity contribution in [1.29, 1.82) is 0 Å². The SMILES string of the molecule is O=C(CCSc1ccc(F)cc1)Nc1nc2ccc([N+](=O)[O-])cc2s1. The molecule has 0 aliphatic heterocycles. The lowest BCUT2D eigenvalue weighted by Crippen LogP contribution is -2.11. The van der Waals surface area contributed by atoms with E-state index in [-0.39, 0.29) is 23.8 Å². The van der Waals surface area contributed by atoms with Crippen LogP contribution in [0.4, 0.5) is 15.2 Å². The lowest BCUT2D eigenvalue weighted by molar-refractivity contribution is -0.384. The normalized spacial score (nSPS) is 10.8. The number of nitrogens with one attached hydrogen (secondary N) is 1. The summed E-state index contributed by atoms with van der Waals surface area (Å²) >= 11 is 2.65. The Hall–Kier alpha value is -2.52. The molecule has 25 heavy (non-hydrogen) atoms. The fourth-order valence-corrected chi connectivity index (χ4v) is 3.82. The molecule has 1 N–H and O–H groups in total. The zero-order valence-electron chi connectivity index (χ0n) is 12.8. The molecular formula is C16H12FN3O3S2. The smallest absolute Gasteiger partial charge is 0.270 e. The van der Waals surface area contributed by atoms with Gasteiger partial charge in [-0.3, -0.25) is 14.9 Å². The number of carbonyl (C=O) groups is 1. The van der Waals surface area contributed by atoms with E-state index in [9.17, 15) is 19.3 Å². The first-order valence-electron chi connectivity index (χ1n) is 7.24. The predicted octanol–water partition coefficient (Wildman–Crippen LogP) is 4.46. The predicted molar refractivity (Wildman–Crippen MR) is 96.6 cm³/mol. The summed E-state index contributed by atoms with van der Waals surface area (Å²) in [7, 11) is 0. The second-order valence-corrected chi connectivity index (χ2v) is 7.23. The highest BCUT2D eigenvalue weighted by molar-refractivity contribution is 7.99. The van der Waals surface area contributed by atoms with Crippen LogP contribution in [0.2, 0.25) is 0 Å². The number of halogens is 1. The van der Waals surface area contributed by atoms with Crippen LogP contribution in [-0.2, 0) is 4.79 Å². The number of non-ortho nitro benzene ring substituents is 1. The van der Waals surface area contributed by atoms with Gasteiger partial charge in [0.25, 0.3) is 5.69 Å². The number of fused-ring (bicyclic) bond motifs is 1. The average Bonchev–Trinajstić information content (AvgIpc) is 2.97. The van der Waals surface area contributed by atoms with Gasteiger partial charge in [0.15, 0.2) is 5.13 Å². The van der Waals surface area contributed by atoms with Crippen LogP contribution in [0.5, 0.6) is 0 Å². The van der Waals surface area contributed by atoms with Crippen molar-refractivity contribution in [3.8, 4) is 0 Å². The number of benzene rings is 2. The van der Waals surface area contributed by atoms with Crippen molar-refractivity contribution in [3.63, 3.8) is 0 Å². The first-order chi connectivity index (χ1) is 12.0. The first kappa shape index (κ1) is 17.3. The number of carbonyl (C=O) groups excluding carboxylic acids is 1. The minimum Gasteiger partial charge on any atom is -0.302 e. The van der Waals surface area contributed by atoms with Crippen LogP contribution in [0.3, 0.4) is 0 Å². The third-order valence-electron chi connectivity index (χ3n) is 3.24. The van der Waals surface area contributed by atoms with E-state index in [1.165, 1.54) is 47.4 Å². The minimum absolute atomic E-state index is 0.00951. The molecule has 1 aromatic heterocycles. The van der Waals surface area contributed by atoms with Gasteiger partial charge in [0.05, 0.1) is 15.1 Å². The van der Waals surface area contributed by atoms with Crippen LogP contribution in [-0.4, -0.2) is 21.6 Å². The highest BCUT2D eigenvalue weighted by Gasteiger charge is 2.12. The second kappa shape index (κ2) is 7.58. The molecule has 3 rings (SSSR count). The number of anilines is 1. The molecule has 0 saturated heterocycles. The fourth-order valence-electron chi connectivity index (χ4n) is 2.05. The van der Waals surface area contributed by atoms with E-state index in [1.54, 1.807) is 18.2 Å². The number of thiazole rings is 1. The number of rotatable bonds is 6. The standard InChI is InChI=1S/C16H12FN3O3S2/c17-10-1-4-12(5-2-10)24-8-7-15(21)19-16-18-13-6-3-11(20(22)23)9-14(13)25-16/h1-6,9H,7-8H2,(H,18,19,21). The van der Waals surface area contributed by atoms with Crippen molar-refractivity contribution >= 4 is 50.0 Å². The summed E-state index contributed by atoms with van der Waals surface area (Å²) in [6.07, 6.45) is 0.276. The van der Waals surface area contributed by atoms with Gasteiger partial charge in [-0.2, -0.15) is 0 Å². The van der Waals surface area contributed by atoms with Crippen LogP contribution in [0.15, 0.2) is 47.4 Å². The molecule has 0 saturated carbocycles. The summed E-state index contributed by atoms with van der Waals surface area (Å²) < 4.78 is 13.5. The molecule has 0 unspecified atom stereocenters. The Balaban J connectivity index is 1.56. The molecule has 2 aromatic carbocycles. The zero-order valence-corrected chi connectivity index (χ0v) is 14.4. The lowest BCUT2D eigenvalue weighted by Gasteiger charge is -2.02. The third kappa shape index (κ3) is 4.52. The monoisotopic (exact) mass is 377 g/mol. The van der Waals surface area contributed by atoms with Gasteiger partial charge in [0, 0.05) is 29.2 Å². The zero-order chi connectivity index (χ0) is 17.8. The molecule has 1 amide bonds. The molecule has 0 radical (unpaired) electrons. The van der Waals surface area contributed by atoms with Crippen LogP contribution >= 0.6 is 23.1 Å². The van der Waals surface area contributed by atoms with Gasteiger partial charge in [0.2, 0.25) is 5.91 Å². The van der Waals surface area contributed by atoms with Crippen molar-refractivity contribution in [2.75, 3.05) is 11.1 Å². The van der Waals surface area contributed by atoms with Gasteiger partial charge < -0.3 is 5.32 Å². The second-order valence-electron chi connectivity index (χ2n) is 5.03. The van der Waals surface area contributed by atoms with Gasteiger partial charge in [0.1, 0.15) is 5.82 Å². The fraction of sp³-hybridized carbons (Fsp3) is 0.125. The van der Waals surface area contributed by atoms with E-state index in [2.05, 4.69) is 10.3 Å². The van der Waals surface area contributed by atoms with Gasteiger partial charge in [-0.15, -0.1) is 11.8 Å². The molecule has 3 aromatic rings. The highest BCUT2D eigenvalue weighted by atomic mass is 32.2. The van der Waals surface area contributed by atoms with Crippen LogP contribution in [0.25, 0.3) is 10.2 Å². The Bertz CT molecular complexity index is 928. The summed E-state index contributed by atoms with van der Waals surface area (Å²) in [4.78, 5) is 27.4. The van der Waals surface area contributed by atoms with Crippen molar-refractivity contribution in [3.05, 3.63) is 58.4 Å². The van der Waals surface area contributed by atoms with E-state index >= 15 is 0 Å². The lowest BCUT2D eigenvalue weighted by atomic mass is 10.3. The summed E-state index contributed by atoms with van der Waals surface area (Å²) in [6.45, 7) is 0. The van der Waals surface area contributed by atoms with E-state index in [0.717, 1.165) is 4.90 Å². The van der Waals surface area contributed by atoms with Crippen LogP contribution < -0.4 is 5.32 Å². The Labute approximate surface area is 150 Å². The summed E-state index contributed by atoms with van der Waals surface area (Å²) in [5, 5.41) is 13.9. The van der Waals surface area contributed by atoms with Crippen molar-refractivity contribution in [2.24, 2.45) is 0 Å². The van der Waals surface area contributed by atoms with E-state index in [1.807, 2.05) is 0 Å². The Morgan fingerprint density at radius 3 is 2.76 bits per heavy atom. The number of hydrogen-bond donors (Lipinski definition) is 1. The molecule has 0 spiro atoms. The summed E-state index contributed by atoms with van der Waals surface area (Å²) in [6, 6.07) is 10.5. The first-order valence-corrected chi connectivity index (χ1v) is 9.05. The number of amides is 1. The topological polar surface area (TPSA) is 85.1 Å². The number of thioether (sulfide) groups is 1. The molecule has 0 atom stereocenters. The molecular weight excluding hydrogens is 365 g/mol. The molecule has 6 nitrogen and oxygen atoms in total. The van der Waals surface area contributed by atoms with Crippen molar-refractivity contribution < 1.29 is 14.1 Å². The van der Waals surface area contributed by atoms with Gasteiger partial charge in [-0.25, -0.2) is 9.37 Å². The maximum Gasteiger partial charge on any atom is 0.270 e. The van der Waals surface area contributed by atoms with Gasteiger partial charge in [-0.05, 0) is 30.3 Å². The van der Waals surface area contributed by atoms with Crippen LogP contribution in [0.1, 0.15) is 6.42 Å². The number of aromatic nitrogens is 1. The van der Waals surface area contributed by atoms with Crippen LogP contribution in [0, 0.1) is 15.9 Å². The number of nitro benzene ring substituents is 1. The van der Waals surface area contributed by atoms with Crippen molar-refractivity contribution in [2.45, 2.75) is 11.3 Å². The molecule has 9 heteroatoms. The Morgan fingerprint density at radius 2 is 2.04 bits per heavy atom. The third-order valence-corrected chi connectivity index (χ3v) is 5.19. The van der Waals surface area contributed by atoms with Gasteiger partial charge >= 0.3 is 0 Å². The summed E-state index contributed by atoms with van der Waals surface area (Å²) in [5.74, 6) is 0.0646. The molecule has 0 bridgehead atoms. The Morgan fingerprint density at radius 1 is 1.28 bits per heavy atom. The summed E-state index contributed by atoms with van der Waals surface area (Å²) in [5.41, 5.74) is 0.594. The molecule has 128 valence electrons. The highest BCUT2D eigenvalue weighted by Crippen LogP contribution is 2.29. The minimum atomic E-state index is -0.468. The number of nitro groups is 1. The molecule has 0 aliphatic rings. The maximum atomic E-state index is 12.8. The number of nitrogens with zero attached hydrogens (tertiary/aromatic N) is 2. The number of hydrogen-bond acceptors (Lipinski definition) is 6. The van der Waals surface area contributed by atoms with Gasteiger partial charge in [-0.1, -0.05) is 11.3 Å². The van der Waals surface area contributed by atoms with Crippen molar-refractivity contribution in [1.82, 2.24) is 4.98 Å². The maximum absolute atomic E-state index is 12.8. The van der Waals surface area contributed by atoms with E-state index in [4.69, 9.17) is 0 Å². The Kier molecular flexibility index (Phi) is 5.25. The molecule has 0 fully saturated rings.